The van der Waals surface area contributed by atoms with Gasteiger partial charge in [0.05, 0.1) is 15.7 Å². The summed E-state index contributed by atoms with van der Waals surface area (Å²) >= 11 is 3.21. The Bertz CT molecular complexity index is 796. The first-order valence-electron chi connectivity index (χ1n) is 9.50. The van der Waals surface area contributed by atoms with Gasteiger partial charge in [0.2, 0.25) is 5.95 Å². The molecule has 1 saturated heterocycles. The third kappa shape index (κ3) is 3.96. The lowest BCUT2D eigenvalue weighted by Gasteiger charge is -2.44. The summed E-state index contributed by atoms with van der Waals surface area (Å²) in [5.74, 6) is 0.852. The second kappa shape index (κ2) is 7.48. The lowest BCUT2D eigenvalue weighted by Crippen LogP contribution is -2.51. The Hall–Kier alpha value is -0.930. The summed E-state index contributed by atoms with van der Waals surface area (Å²) < 4.78 is 17.6. The van der Waals surface area contributed by atoms with Crippen LogP contribution in [-0.4, -0.2) is 37.6 Å². The number of nitrogens with one attached hydrogen (secondary N) is 1. The fourth-order valence-corrected chi connectivity index (χ4v) is 5.58. The molecular weight excluding hydrogens is 430 g/mol. The number of nitrogens with zero attached hydrogens (tertiary/aromatic N) is 3. The molecule has 27 heavy (non-hydrogen) atoms. The van der Waals surface area contributed by atoms with Crippen molar-refractivity contribution in [1.29, 1.82) is 0 Å². The van der Waals surface area contributed by atoms with E-state index in [9.17, 15) is 9.00 Å². The summed E-state index contributed by atoms with van der Waals surface area (Å²) in [6.45, 7) is 7.66. The van der Waals surface area contributed by atoms with Gasteiger partial charge in [-0.25, -0.2) is 8.93 Å². The van der Waals surface area contributed by atoms with E-state index in [4.69, 9.17) is 5.73 Å². The minimum absolute atomic E-state index is 0.168. The molecule has 0 radical (unpaired) electrons. The average Bonchev–Trinajstić information content (AvgIpc) is 2.98. The van der Waals surface area contributed by atoms with E-state index in [2.05, 4.69) is 30.5 Å². The summed E-state index contributed by atoms with van der Waals surface area (Å²) in [6, 6.07) is 0.284. The Morgan fingerprint density at radius 2 is 1.93 bits per heavy atom. The molecule has 7 nitrogen and oxygen atoms in total. The van der Waals surface area contributed by atoms with Gasteiger partial charge in [0, 0.05) is 26.2 Å². The van der Waals surface area contributed by atoms with Crippen LogP contribution in [0.5, 0.6) is 0 Å². The van der Waals surface area contributed by atoms with Crippen molar-refractivity contribution in [2.45, 2.75) is 63.7 Å². The van der Waals surface area contributed by atoms with Gasteiger partial charge in [-0.05, 0) is 67.8 Å². The van der Waals surface area contributed by atoms with Gasteiger partial charge in [-0.3, -0.25) is 9.36 Å². The topological polar surface area (TPSA) is 93.2 Å². The van der Waals surface area contributed by atoms with E-state index in [0.717, 1.165) is 38.8 Å². The molecule has 9 heteroatoms. The van der Waals surface area contributed by atoms with Gasteiger partial charge >= 0.3 is 0 Å². The number of rotatable bonds is 3. The molecule has 0 aromatic carbocycles. The summed E-state index contributed by atoms with van der Waals surface area (Å²) in [6.07, 6.45) is 5.40. The number of anilines is 2. The van der Waals surface area contributed by atoms with Crippen LogP contribution in [-0.2, 0) is 18.0 Å². The van der Waals surface area contributed by atoms with Crippen LogP contribution in [0.3, 0.4) is 0 Å². The zero-order chi connectivity index (χ0) is 20.0. The number of hydrogen-bond donors (Lipinski definition) is 2. The third-order valence-electron chi connectivity index (χ3n) is 5.99. The smallest absolute Gasteiger partial charge is 0.271 e. The maximum atomic E-state index is 12.6. The lowest BCUT2D eigenvalue weighted by molar-refractivity contribution is 0.187. The van der Waals surface area contributed by atoms with Gasteiger partial charge in [0.15, 0.2) is 0 Å². The number of nitrogens with two attached hydrogens (primary N) is 1. The first kappa shape index (κ1) is 20.8. The lowest BCUT2D eigenvalue weighted by atomic mass is 9.74. The highest BCUT2D eigenvalue weighted by molar-refractivity contribution is 9.10. The van der Waals surface area contributed by atoms with Gasteiger partial charge in [-0.15, -0.1) is 0 Å². The number of nitrogen functional groups attached to an aromatic ring is 1. The van der Waals surface area contributed by atoms with Crippen molar-refractivity contribution in [1.82, 2.24) is 14.3 Å². The van der Waals surface area contributed by atoms with Crippen molar-refractivity contribution < 1.29 is 4.21 Å². The molecule has 1 aliphatic carbocycles. The number of piperidine rings is 1. The highest BCUT2D eigenvalue weighted by atomic mass is 79.9. The van der Waals surface area contributed by atoms with E-state index in [0.29, 0.717) is 10.4 Å². The van der Waals surface area contributed by atoms with Crippen LogP contribution in [0, 0.1) is 5.41 Å². The minimum Gasteiger partial charge on any atom is -0.382 e. The number of aromatic nitrogens is 2. The van der Waals surface area contributed by atoms with Crippen LogP contribution in [0.4, 0.5) is 11.8 Å². The standard InChI is InChI=1S/C18H30BrN5O2S/c1-17(2,3)27(26)22-12-6-5-7-18(12)8-10-24(11-9-18)16-21-14(20)13(19)15(25)23(16)4/h12,22H,5-11,20H2,1-4H3/t12-,27?/m1/s1. The van der Waals surface area contributed by atoms with Gasteiger partial charge in [-0.2, -0.15) is 4.98 Å². The highest BCUT2D eigenvalue weighted by Gasteiger charge is 2.46. The predicted molar refractivity (Wildman–Crippen MR) is 114 cm³/mol. The molecule has 2 fully saturated rings. The summed E-state index contributed by atoms with van der Waals surface area (Å²) in [5, 5.41) is 0. The van der Waals surface area contributed by atoms with Crippen LogP contribution in [0.2, 0.25) is 0 Å². The monoisotopic (exact) mass is 459 g/mol. The molecular formula is C18H30BrN5O2S. The average molecular weight is 460 g/mol. The van der Waals surface area contributed by atoms with Crippen molar-refractivity contribution in [2.24, 2.45) is 12.5 Å². The van der Waals surface area contributed by atoms with Crippen LogP contribution in [0.25, 0.3) is 0 Å². The second-order valence-corrected chi connectivity index (χ2v) is 11.6. The number of halogens is 1. The first-order chi connectivity index (χ1) is 12.5. The molecule has 1 aliphatic heterocycles. The number of hydrogen-bond acceptors (Lipinski definition) is 5. The Morgan fingerprint density at radius 3 is 2.52 bits per heavy atom. The molecule has 3 N–H and O–H groups in total. The molecule has 0 bridgehead atoms. The Morgan fingerprint density at radius 1 is 1.30 bits per heavy atom. The van der Waals surface area contributed by atoms with E-state index >= 15 is 0 Å². The molecule has 152 valence electrons. The quantitative estimate of drug-likeness (QED) is 0.722. The van der Waals surface area contributed by atoms with Gasteiger partial charge in [-0.1, -0.05) is 6.42 Å². The molecule has 1 unspecified atom stereocenters. The van der Waals surface area contributed by atoms with Crippen molar-refractivity contribution >= 4 is 38.7 Å². The summed E-state index contributed by atoms with van der Waals surface area (Å²) in [5.41, 5.74) is 5.90. The largest absolute Gasteiger partial charge is 0.382 e. The predicted octanol–water partition coefficient (Wildman–Crippen LogP) is 2.32. The highest BCUT2D eigenvalue weighted by Crippen LogP contribution is 2.47. The van der Waals surface area contributed by atoms with Crippen LogP contribution in [0.15, 0.2) is 9.27 Å². The van der Waals surface area contributed by atoms with Crippen molar-refractivity contribution in [3.63, 3.8) is 0 Å². The second-order valence-electron chi connectivity index (χ2n) is 8.77. The Labute approximate surface area is 171 Å². The van der Waals surface area contributed by atoms with Crippen molar-refractivity contribution in [3.05, 3.63) is 14.8 Å². The van der Waals surface area contributed by atoms with Crippen LogP contribution in [0.1, 0.15) is 52.9 Å². The maximum absolute atomic E-state index is 12.6. The molecule has 2 atom stereocenters. The fourth-order valence-electron chi connectivity index (χ4n) is 4.24. The molecule has 3 rings (SSSR count). The first-order valence-corrected chi connectivity index (χ1v) is 11.4. The molecule has 1 aromatic heterocycles. The van der Waals surface area contributed by atoms with Crippen LogP contribution < -0.4 is 20.9 Å². The molecule has 2 aliphatic rings. The van der Waals surface area contributed by atoms with Crippen LogP contribution >= 0.6 is 15.9 Å². The van der Waals surface area contributed by atoms with E-state index in [1.165, 1.54) is 6.42 Å². The zero-order valence-corrected chi connectivity index (χ0v) is 19.0. The summed E-state index contributed by atoms with van der Waals surface area (Å²) in [7, 11) is 0.673. The fraction of sp³-hybridized carbons (Fsp3) is 0.778. The molecule has 2 heterocycles. The van der Waals surface area contributed by atoms with E-state index < -0.39 is 11.0 Å². The van der Waals surface area contributed by atoms with Crippen molar-refractivity contribution in [2.75, 3.05) is 23.7 Å². The van der Waals surface area contributed by atoms with Gasteiger partial charge in [0.1, 0.15) is 10.3 Å². The van der Waals surface area contributed by atoms with Crippen molar-refractivity contribution in [3.8, 4) is 0 Å². The Balaban J connectivity index is 1.75. The third-order valence-corrected chi connectivity index (χ3v) is 8.35. The van der Waals surface area contributed by atoms with Gasteiger partial charge < -0.3 is 10.6 Å². The van der Waals surface area contributed by atoms with Gasteiger partial charge in [0.25, 0.3) is 5.56 Å². The zero-order valence-electron chi connectivity index (χ0n) is 16.5. The SMILES string of the molecule is Cn1c(N2CCC3(CCC[C@H]3NS(=O)C(C)(C)C)CC2)nc(N)c(Br)c1=O. The molecule has 0 amide bonds. The van der Waals surface area contributed by atoms with E-state index in [1.54, 1.807) is 11.6 Å². The molecule has 1 aromatic rings. The molecule has 1 saturated carbocycles. The Kier molecular flexibility index (Phi) is 5.76. The normalized spacial score (nSPS) is 23.7. The maximum Gasteiger partial charge on any atom is 0.271 e. The molecule has 1 spiro atoms. The minimum atomic E-state index is -1.06. The van der Waals surface area contributed by atoms with E-state index in [-0.39, 0.29) is 27.6 Å². The summed E-state index contributed by atoms with van der Waals surface area (Å²) in [4.78, 5) is 18.9. The van der Waals surface area contributed by atoms with E-state index in [1.807, 2.05) is 20.8 Å².